The second-order valence-electron chi connectivity index (χ2n) is 4.33. The number of nitrogens with two attached hydrogens (primary N) is 2. The predicted octanol–water partition coefficient (Wildman–Crippen LogP) is 0.824. The van der Waals surface area contributed by atoms with E-state index in [-0.39, 0.29) is 5.84 Å². The minimum absolute atomic E-state index is 0.154. The number of halogens is 1. The zero-order valence-corrected chi connectivity index (χ0v) is 12.0. The molecule has 22 heavy (non-hydrogen) atoms. The number of hydrogen-bond donors (Lipinski definition) is 3. The molecule has 5 N–H and O–H groups in total. The Morgan fingerprint density at radius 2 is 2.00 bits per heavy atom. The van der Waals surface area contributed by atoms with Crippen molar-refractivity contribution in [1.82, 2.24) is 25.5 Å². The highest BCUT2D eigenvalue weighted by Gasteiger charge is 2.09. The molecule has 8 nitrogen and oxygen atoms in total. The van der Waals surface area contributed by atoms with Gasteiger partial charge in [-0.25, -0.2) is 31.3 Å². The molecule has 0 aliphatic rings. The van der Waals surface area contributed by atoms with Crippen LogP contribution < -0.4 is 17.1 Å². The van der Waals surface area contributed by atoms with Crippen molar-refractivity contribution in [3.8, 4) is 11.3 Å². The van der Waals surface area contributed by atoms with E-state index in [1.165, 1.54) is 12.7 Å². The maximum atomic E-state index is 6.26. The molecule has 9 heteroatoms. The highest BCUT2D eigenvalue weighted by atomic mass is 35.5. The zero-order chi connectivity index (χ0) is 15.5. The smallest absolute Gasteiger partial charge is 0.170 e. The van der Waals surface area contributed by atoms with E-state index >= 15 is 0 Å². The van der Waals surface area contributed by atoms with Crippen LogP contribution in [0.4, 0.5) is 0 Å². The van der Waals surface area contributed by atoms with Gasteiger partial charge in [0.15, 0.2) is 5.84 Å². The van der Waals surface area contributed by atoms with Gasteiger partial charge in [-0.15, -0.1) is 5.10 Å². The minimum atomic E-state index is 0.154. The summed E-state index contributed by atoms with van der Waals surface area (Å²) in [4.78, 5) is 16.4. The summed E-state index contributed by atoms with van der Waals surface area (Å²) < 4.78 is 0. The topological polar surface area (TPSA) is 128 Å². The summed E-state index contributed by atoms with van der Waals surface area (Å²) in [6.07, 6.45) is 4.53. The minimum Gasteiger partial charge on any atom is -0.380 e. The van der Waals surface area contributed by atoms with Crippen LogP contribution in [-0.4, -0.2) is 25.8 Å². The molecule has 0 amide bonds. The fraction of sp³-hybridized carbons (Fsp3) is 0. The molecule has 0 aliphatic heterocycles. The molecule has 1 aromatic carbocycles. The van der Waals surface area contributed by atoms with E-state index in [4.69, 9.17) is 23.2 Å². The Morgan fingerprint density at radius 1 is 1.14 bits per heavy atom. The molecule has 2 aromatic heterocycles. The number of benzene rings is 1. The number of hydrazine groups is 1. The largest absolute Gasteiger partial charge is 0.380 e. The van der Waals surface area contributed by atoms with E-state index in [1.807, 2.05) is 6.07 Å². The van der Waals surface area contributed by atoms with Crippen LogP contribution in [0.15, 0.2) is 42.2 Å². The molecule has 3 aromatic rings. The van der Waals surface area contributed by atoms with Crippen molar-refractivity contribution in [3.63, 3.8) is 0 Å². The quantitative estimate of drug-likeness (QED) is 0.282. The van der Waals surface area contributed by atoms with E-state index in [2.05, 4.69) is 30.6 Å². The van der Waals surface area contributed by atoms with E-state index in [0.29, 0.717) is 21.9 Å². The van der Waals surface area contributed by atoms with E-state index in [9.17, 15) is 0 Å². The van der Waals surface area contributed by atoms with Gasteiger partial charge in [-0.1, -0.05) is 11.6 Å². The van der Waals surface area contributed by atoms with E-state index < -0.39 is 0 Å². The Hall–Kier alpha value is -2.84. The standard InChI is InChI=1S/C13H11ClN8/c14-9-2-7(1-8-4-17-5-20-12(8)9)10-3-11(19-6-18-10)13(15)21-22-16/h1-6,22H,16H2,(H2,15,21). The first-order chi connectivity index (χ1) is 10.7. The van der Waals surface area contributed by atoms with Crippen LogP contribution in [0.5, 0.6) is 0 Å². The van der Waals surface area contributed by atoms with Crippen molar-refractivity contribution >= 4 is 28.3 Å². The molecule has 0 bridgehead atoms. The van der Waals surface area contributed by atoms with Crippen molar-refractivity contribution in [2.24, 2.45) is 16.7 Å². The first-order valence-corrected chi connectivity index (χ1v) is 6.57. The molecule has 2 heterocycles. The highest BCUT2D eigenvalue weighted by Crippen LogP contribution is 2.28. The van der Waals surface area contributed by atoms with Crippen molar-refractivity contribution in [2.75, 3.05) is 0 Å². The lowest BCUT2D eigenvalue weighted by atomic mass is 10.1. The van der Waals surface area contributed by atoms with Crippen LogP contribution in [0.3, 0.4) is 0 Å². The average Bonchev–Trinajstić information content (AvgIpc) is 2.55. The third-order valence-corrected chi connectivity index (χ3v) is 3.26. The number of hydrogen-bond acceptors (Lipinski definition) is 7. The third kappa shape index (κ3) is 2.65. The monoisotopic (exact) mass is 314 g/mol. The SMILES string of the molecule is NNN=C(N)c1cc(-c2cc(Cl)c3ncncc3c2)ncn1. The molecule has 0 saturated heterocycles. The van der Waals surface area contributed by atoms with Gasteiger partial charge in [0.2, 0.25) is 0 Å². The lowest BCUT2D eigenvalue weighted by Gasteiger charge is -2.06. The highest BCUT2D eigenvalue weighted by molar-refractivity contribution is 6.35. The zero-order valence-electron chi connectivity index (χ0n) is 11.2. The van der Waals surface area contributed by atoms with E-state index in [0.717, 1.165) is 10.9 Å². The number of rotatable bonds is 3. The van der Waals surface area contributed by atoms with Crippen molar-refractivity contribution in [3.05, 3.63) is 47.8 Å². The van der Waals surface area contributed by atoms with Crippen LogP contribution in [0.1, 0.15) is 5.69 Å². The average molecular weight is 315 g/mol. The molecular formula is C13H11ClN8. The number of amidine groups is 1. The molecule has 3 rings (SSSR count). The van der Waals surface area contributed by atoms with Gasteiger partial charge < -0.3 is 5.73 Å². The Labute approximate surface area is 130 Å². The summed E-state index contributed by atoms with van der Waals surface area (Å²) in [6, 6.07) is 5.36. The molecular weight excluding hydrogens is 304 g/mol. The fourth-order valence-corrected chi connectivity index (χ4v) is 2.27. The van der Waals surface area contributed by atoms with Gasteiger partial charge in [0.25, 0.3) is 0 Å². The molecule has 0 atom stereocenters. The summed E-state index contributed by atoms with van der Waals surface area (Å²) in [6.45, 7) is 0. The Bertz CT molecular complexity index is 864. The fourth-order valence-electron chi connectivity index (χ4n) is 1.99. The summed E-state index contributed by atoms with van der Waals surface area (Å²) in [5.41, 5.74) is 10.4. The summed E-state index contributed by atoms with van der Waals surface area (Å²) in [5, 5.41) is 5.01. The molecule has 0 radical (unpaired) electrons. The van der Waals surface area contributed by atoms with E-state index in [1.54, 1.807) is 18.3 Å². The van der Waals surface area contributed by atoms with Gasteiger partial charge in [0, 0.05) is 17.1 Å². The molecule has 0 aliphatic carbocycles. The number of fused-ring (bicyclic) bond motifs is 1. The first kappa shape index (κ1) is 14.1. The second kappa shape index (κ2) is 5.88. The number of aromatic nitrogens is 4. The number of nitrogens with zero attached hydrogens (tertiary/aromatic N) is 5. The van der Waals surface area contributed by atoms with Crippen LogP contribution >= 0.6 is 11.6 Å². The first-order valence-electron chi connectivity index (χ1n) is 6.20. The van der Waals surface area contributed by atoms with Crippen LogP contribution in [0, 0.1) is 0 Å². The molecule has 0 spiro atoms. The molecule has 110 valence electrons. The van der Waals surface area contributed by atoms with Gasteiger partial charge in [0.1, 0.15) is 18.3 Å². The second-order valence-corrected chi connectivity index (χ2v) is 4.74. The Morgan fingerprint density at radius 3 is 2.82 bits per heavy atom. The third-order valence-electron chi connectivity index (χ3n) is 2.97. The molecule has 0 unspecified atom stereocenters. The van der Waals surface area contributed by atoms with Crippen LogP contribution in [0.25, 0.3) is 22.2 Å². The Kier molecular flexibility index (Phi) is 3.77. The van der Waals surface area contributed by atoms with Crippen molar-refractivity contribution < 1.29 is 0 Å². The maximum absolute atomic E-state index is 6.26. The lowest BCUT2D eigenvalue weighted by molar-refractivity contribution is 0.802. The summed E-state index contributed by atoms with van der Waals surface area (Å²) in [7, 11) is 0. The lowest BCUT2D eigenvalue weighted by Crippen LogP contribution is -2.23. The van der Waals surface area contributed by atoms with Crippen molar-refractivity contribution in [1.29, 1.82) is 0 Å². The molecule has 0 fully saturated rings. The van der Waals surface area contributed by atoms with Gasteiger partial charge in [-0.2, -0.15) is 0 Å². The van der Waals surface area contributed by atoms with Gasteiger partial charge >= 0.3 is 0 Å². The number of hydrazone groups is 1. The van der Waals surface area contributed by atoms with Crippen LogP contribution in [0.2, 0.25) is 5.02 Å². The van der Waals surface area contributed by atoms with Crippen LogP contribution in [-0.2, 0) is 0 Å². The Balaban J connectivity index is 2.12. The van der Waals surface area contributed by atoms with Crippen molar-refractivity contribution in [2.45, 2.75) is 0 Å². The maximum Gasteiger partial charge on any atom is 0.170 e. The predicted molar refractivity (Wildman–Crippen MR) is 83.6 cm³/mol. The van der Waals surface area contributed by atoms with Gasteiger partial charge in [-0.3, -0.25) is 0 Å². The summed E-state index contributed by atoms with van der Waals surface area (Å²) in [5.74, 6) is 5.26. The normalized spacial score (nSPS) is 11.6. The number of nitrogens with one attached hydrogen (secondary N) is 1. The summed E-state index contributed by atoms with van der Waals surface area (Å²) >= 11 is 6.26. The van der Waals surface area contributed by atoms with Gasteiger partial charge in [0.05, 0.1) is 16.2 Å². The molecule has 0 saturated carbocycles. The van der Waals surface area contributed by atoms with Gasteiger partial charge in [-0.05, 0) is 18.2 Å².